The van der Waals surface area contributed by atoms with Gasteiger partial charge in [-0.1, -0.05) is 26.8 Å². The Kier molecular flexibility index (Phi) is 7.82. The second-order valence-corrected chi connectivity index (χ2v) is 14.9. The predicted molar refractivity (Wildman–Crippen MR) is 136 cm³/mol. The van der Waals surface area contributed by atoms with Crippen LogP contribution in [-0.2, 0) is 10.6 Å². The molecule has 2 atom stereocenters. The number of alkyl halides is 3. The van der Waals surface area contributed by atoms with Gasteiger partial charge in [0.05, 0.1) is 29.9 Å². The summed E-state index contributed by atoms with van der Waals surface area (Å²) in [5.41, 5.74) is -0.319. The maximum absolute atomic E-state index is 13.6. The van der Waals surface area contributed by atoms with Gasteiger partial charge in [-0.05, 0) is 61.5 Å². The molecule has 0 amide bonds. The lowest BCUT2D eigenvalue weighted by molar-refractivity contribution is -0.136. The fourth-order valence-electron chi connectivity index (χ4n) is 3.38. The number of hydrogen-bond acceptors (Lipinski definition) is 6. The third kappa shape index (κ3) is 6.37. The summed E-state index contributed by atoms with van der Waals surface area (Å²) in [5, 5.41) is 20.3. The van der Waals surface area contributed by atoms with E-state index in [4.69, 9.17) is 20.7 Å². The van der Waals surface area contributed by atoms with Crippen molar-refractivity contribution in [3.05, 3.63) is 70.9 Å². The van der Waals surface area contributed by atoms with Gasteiger partial charge < -0.3 is 14.2 Å². The SMILES string of the molecule is [C-]#[N+]c1ccc(N[C@@H](c2nnc(-c3ccc(C#N)cc3)o2)[C@@H](C)O[Si](C)(C)C(C)(C)C)cc1C(F)(F)F. The highest BCUT2D eigenvalue weighted by Gasteiger charge is 2.41. The highest BCUT2D eigenvalue weighted by atomic mass is 28.4. The Balaban J connectivity index is 2.02. The van der Waals surface area contributed by atoms with Gasteiger partial charge in [0.2, 0.25) is 11.8 Å². The van der Waals surface area contributed by atoms with E-state index in [0.717, 1.165) is 12.1 Å². The smallest absolute Gasteiger partial charge is 0.407 e. The van der Waals surface area contributed by atoms with Crippen LogP contribution in [0.5, 0.6) is 0 Å². The van der Waals surface area contributed by atoms with Crippen LogP contribution in [0.4, 0.5) is 24.5 Å². The fraction of sp³-hybridized carbons (Fsp3) is 0.385. The van der Waals surface area contributed by atoms with Crippen molar-refractivity contribution in [1.29, 1.82) is 5.26 Å². The Morgan fingerprint density at radius 1 is 1.11 bits per heavy atom. The normalized spacial score (nSPS) is 13.9. The number of nitrogens with one attached hydrogen (secondary N) is 1. The molecule has 1 N–H and O–H groups in total. The molecule has 194 valence electrons. The summed E-state index contributed by atoms with van der Waals surface area (Å²) in [4.78, 5) is 3.00. The van der Waals surface area contributed by atoms with Crippen LogP contribution >= 0.6 is 0 Å². The number of halogens is 3. The minimum Gasteiger partial charge on any atom is -0.418 e. The number of aromatic nitrogens is 2. The fourth-order valence-corrected chi connectivity index (χ4v) is 4.80. The Hall–Kier alpha value is -3.67. The topological polar surface area (TPSA) is 88.3 Å². The molecule has 3 rings (SSSR count). The zero-order valence-corrected chi connectivity index (χ0v) is 22.4. The van der Waals surface area contributed by atoms with Crippen molar-refractivity contribution in [1.82, 2.24) is 10.2 Å². The van der Waals surface area contributed by atoms with Crippen molar-refractivity contribution in [2.24, 2.45) is 0 Å². The van der Waals surface area contributed by atoms with Crippen LogP contribution in [0.2, 0.25) is 18.1 Å². The van der Waals surface area contributed by atoms with E-state index in [0.29, 0.717) is 11.1 Å². The third-order valence-corrected chi connectivity index (χ3v) is 11.0. The van der Waals surface area contributed by atoms with Gasteiger partial charge in [0.15, 0.2) is 14.0 Å². The average molecular weight is 528 g/mol. The molecule has 0 aliphatic heterocycles. The van der Waals surface area contributed by atoms with Crippen molar-refractivity contribution >= 4 is 19.7 Å². The molecule has 7 nitrogen and oxygen atoms in total. The van der Waals surface area contributed by atoms with E-state index < -0.39 is 37.9 Å². The molecule has 0 aliphatic rings. The molecule has 37 heavy (non-hydrogen) atoms. The summed E-state index contributed by atoms with van der Waals surface area (Å²) < 4.78 is 53.2. The lowest BCUT2D eigenvalue weighted by atomic mass is 10.1. The van der Waals surface area contributed by atoms with E-state index in [9.17, 15) is 13.2 Å². The number of rotatable bonds is 7. The van der Waals surface area contributed by atoms with Crippen LogP contribution in [0.15, 0.2) is 46.9 Å². The number of benzene rings is 2. The quantitative estimate of drug-likeness (QED) is 0.250. The summed E-state index contributed by atoms with van der Waals surface area (Å²) in [6.07, 6.45) is -5.24. The van der Waals surface area contributed by atoms with E-state index in [1.807, 2.05) is 13.0 Å². The minimum atomic E-state index is -4.69. The summed E-state index contributed by atoms with van der Waals surface area (Å²) >= 11 is 0. The maximum Gasteiger partial charge on any atom is 0.407 e. The molecule has 0 saturated heterocycles. The zero-order chi connectivity index (χ0) is 27.6. The first-order valence-electron chi connectivity index (χ1n) is 11.5. The molecular formula is C26H28F3N5O2Si. The number of nitrogens with zero attached hydrogens (tertiary/aromatic N) is 4. The molecule has 0 bridgehead atoms. The van der Waals surface area contributed by atoms with Crippen molar-refractivity contribution in [2.45, 2.75) is 64.1 Å². The third-order valence-electron chi connectivity index (χ3n) is 6.47. The monoisotopic (exact) mass is 527 g/mol. The van der Waals surface area contributed by atoms with Crippen LogP contribution < -0.4 is 5.32 Å². The molecule has 3 aromatic rings. The van der Waals surface area contributed by atoms with Crippen molar-refractivity contribution < 1.29 is 22.0 Å². The van der Waals surface area contributed by atoms with Gasteiger partial charge in [-0.25, -0.2) is 4.85 Å². The first-order chi connectivity index (χ1) is 17.2. The highest BCUT2D eigenvalue weighted by molar-refractivity contribution is 6.74. The first kappa shape index (κ1) is 27.9. The molecular weight excluding hydrogens is 499 g/mol. The van der Waals surface area contributed by atoms with Crippen LogP contribution in [0.1, 0.15) is 50.8 Å². The largest absolute Gasteiger partial charge is 0.418 e. The standard InChI is InChI=1S/C26H28F3N5O2Si/c1-16(36-37(6,7)25(2,3)4)22(32-19-12-13-21(31-5)20(14-19)26(27,28)29)24-34-33-23(35-24)18-10-8-17(15-30)9-11-18/h8-14,16,22,32H,1-4,6-7H3/t16-,22-/m1/s1. The van der Waals surface area contributed by atoms with Gasteiger partial charge in [0, 0.05) is 11.3 Å². The summed E-state index contributed by atoms with van der Waals surface area (Å²) in [6.45, 7) is 19.3. The van der Waals surface area contributed by atoms with Gasteiger partial charge in [-0.2, -0.15) is 18.4 Å². The molecule has 0 aliphatic carbocycles. The molecule has 0 spiro atoms. The van der Waals surface area contributed by atoms with E-state index in [-0.39, 0.29) is 22.5 Å². The highest BCUT2D eigenvalue weighted by Crippen LogP contribution is 2.41. The van der Waals surface area contributed by atoms with E-state index in [1.54, 1.807) is 24.3 Å². The van der Waals surface area contributed by atoms with Crippen LogP contribution in [0.25, 0.3) is 16.3 Å². The van der Waals surface area contributed by atoms with Gasteiger partial charge in [0.1, 0.15) is 6.04 Å². The molecule has 0 unspecified atom stereocenters. The van der Waals surface area contributed by atoms with Crippen molar-refractivity contribution in [3.8, 4) is 17.5 Å². The molecule has 2 aromatic carbocycles. The second kappa shape index (κ2) is 10.4. The number of nitriles is 1. The summed E-state index contributed by atoms with van der Waals surface area (Å²) in [7, 11) is -2.28. The molecule has 0 saturated carbocycles. The van der Waals surface area contributed by atoms with Crippen LogP contribution in [0.3, 0.4) is 0 Å². The van der Waals surface area contributed by atoms with Crippen molar-refractivity contribution in [3.63, 3.8) is 0 Å². The Labute approximate surface area is 215 Å². The van der Waals surface area contributed by atoms with Crippen molar-refractivity contribution in [2.75, 3.05) is 5.32 Å². The van der Waals surface area contributed by atoms with Gasteiger partial charge in [-0.15, -0.1) is 10.2 Å². The molecule has 0 fully saturated rings. The lowest BCUT2D eigenvalue weighted by Crippen LogP contribution is -2.45. The second-order valence-electron chi connectivity index (χ2n) is 10.2. The summed E-state index contributed by atoms with van der Waals surface area (Å²) in [5.74, 6) is 0.332. The van der Waals surface area contributed by atoms with E-state index in [2.05, 4.69) is 54.2 Å². The van der Waals surface area contributed by atoms with E-state index in [1.165, 1.54) is 6.07 Å². The molecule has 1 aromatic heterocycles. The lowest BCUT2D eigenvalue weighted by Gasteiger charge is -2.40. The average Bonchev–Trinajstić information content (AvgIpc) is 3.30. The first-order valence-corrected chi connectivity index (χ1v) is 14.4. The number of anilines is 1. The van der Waals surface area contributed by atoms with Gasteiger partial charge in [0.25, 0.3) is 0 Å². The molecule has 11 heteroatoms. The Bertz CT molecular complexity index is 1330. The van der Waals surface area contributed by atoms with Crippen LogP contribution in [0, 0.1) is 17.9 Å². The van der Waals surface area contributed by atoms with Crippen LogP contribution in [-0.4, -0.2) is 24.6 Å². The molecule has 0 radical (unpaired) electrons. The Morgan fingerprint density at radius 2 is 1.76 bits per heavy atom. The Morgan fingerprint density at radius 3 is 2.30 bits per heavy atom. The van der Waals surface area contributed by atoms with Gasteiger partial charge >= 0.3 is 6.18 Å². The maximum atomic E-state index is 13.6. The number of hydrogen-bond donors (Lipinski definition) is 1. The van der Waals surface area contributed by atoms with E-state index >= 15 is 0 Å². The minimum absolute atomic E-state index is 0.116. The summed E-state index contributed by atoms with van der Waals surface area (Å²) in [6, 6.07) is 11.3. The predicted octanol–water partition coefficient (Wildman–Crippen LogP) is 7.74. The molecule has 1 heterocycles. The zero-order valence-electron chi connectivity index (χ0n) is 21.4. The van der Waals surface area contributed by atoms with Gasteiger partial charge in [-0.3, -0.25) is 0 Å².